The van der Waals surface area contributed by atoms with E-state index in [4.69, 9.17) is 14.2 Å². The van der Waals surface area contributed by atoms with Crippen LogP contribution >= 0.6 is 0 Å². The first kappa shape index (κ1) is 23.5. The van der Waals surface area contributed by atoms with E-state index in [2.05, 4.69) is 4.90 Å². The molecule has 0 radical (unpaired) electrons. The third-order valence-corrected chi connectivity index (χ3v) is 6.64. The minimum atomic E-state index is -1.52. The van der Waals surface area contributed by atoms with Crippen LogP contribution in [0.15, 0.2) is 84.9 Å². The molecule has 4 rings (SSSR count). The summed E-state index contributed by atoms with van der Waals surface area (Å²) in [5.41, 5.74) is 1.38. The average Bonchev–Trinajstić information content (AvgIpc) is 3.24. The van der Waals surface area contributed by atoms with Crippen molar-refractivity contribution in [2.45, 2.75) is 25.0 Å². The number of carbonyl (C=O) groups is 2. The molecule has 34 heavy (non-hydrogen) atoms. The Hall–Kier alpha value is -3.64. The van der Waals surface area contributed by atoms with Crippen LogP contribution in [0.5, 0.6) is 5.75 Å². The summed E-state index contributed by atoms with van der Waals surface area (Å²) >= 11 is 0. The van der Waals surface area contributed by atoms with Crippen LogP contribution in [-0.4, -0.2) is 38.2 Å². The Balaban J connectivity index is 1.92. The summed E-state index contributed by atoms with van der Waals surface area (Å²) in [4.78, 5) is 29.1. The van der Waals surface area contributed by atoms with Crippen molar-refractivity contribution in [1.82, 2.24) is 4.90 Å². The normalized spacial score (nSPS) is 19.4. The van der Waals surface area contributed by atoms with E-state index in [1.807, 2.05) is 84.9 Å². The summed E-state index contributed by atoms with van der Waals surface area (Å²) in [6, 6.07) is 26.6. The molecule has 176 valence electrons. The summed E-state index contributed by atoms with van der Waals surface area (Å²) in [6.45, 7) is 0.535. The first-order valence-corrected chi connectivity index (χ1v) is 11.2. The molecule has 1 aliphatic heterocycles. The largest absolute Gasteiger partial charge is 0.497 e. The van der Waals surface area contributed by atoms with E-state index in [1.165, 1.54) is 14.2 Å². The van der Waals surface area contributed by atoms with Crippen LogP contribution in [-0.2, 0) is 25.6 Å². The molecule has 1 aliphatic rings. The lowest BCUT2D eigenvalue weighted by atomic mass is 9.75. The first-order chi connectivity index (χ1) is 16.5. The summed E-state index contributed by atoms with van der Waals surface area (Å²) in [6.07, 6.45) is 0.227. The quantitative estimate of drug-likeness (QED) is 0.376. The third-order valence-electron chi connectivity index (χ3n) is 6.64. The van der Waals surface area contributed by atoms with E-state index in [9.17, 15) is 9.59 Å². The van der Waals surface area contributed by atoms with E-state index < -0.39 is 23.4 Å². The second kappa shape index (κ2) is 10.1. The maximum atomic E-state index is 13.4. The van der Waals surface area contributed by atoms with Gasteiger partial charge in [0.15, 0.2) is 5.41 Å². The summed E-state index contributed by atoms with van der Waals surface area (Å²) in [7, 11) is 4.26. The van der Waals surface area contributed by atoms with E-state index in [0.717, 1.165) is 22.4 Å². The van der Waals surface area contributed by atoms with Gasteiger partial charge in [0.2, 0.25) is 0 Å². The molecule has 2 atom stereocenters. The fourth-order valence-electron chi connectivity index (χ4n) is 5.08. The van der Waals surface area contributed by atoms with Crippen molar-refractivity contribution in [3.05, 3.63) is 102 Å². The minimum Gasteiger partial charge on any atom is -0.497 e. The number of nitrogens with zero attached hydrogens (tertiary/aromatic N) is 1. The van der Waals surface area contributed by atoms with Gasteiger partial charge in [0, 0.05) is 12.6 Å². The van der Waals surface area contributed by atoms with Gasteiger partial charge in [-0.15, -0.1) is 0 Å². The number of hydrogen-bond acceptors (Lipinski definition) is 6. The molecule has 1 heterocycles. The first-order valence-electron chi connectivity index (χ1n) is 11.2. The molecule has 3 aromatic rings. The molecule has 1 fully saturated rings. The van der Waals surface area contributed by atoms with Crippen LogP contribution in [0.1, 0.15) is 35.2 Å². The number of methoxy groups -OCH3 is 3. The fourth-order valence-corrected chi connectivity index (χ4v) is 5.08. The lowest BCUT2D eigenvalue weighted by Crippen LogP contribution is -2.45. The van der Waals surface area contributed by atoms with Crippen LogP contribution in [0.25, 0.3) is 0 Å². The zero-order chi connectivity index (χ0) is 24.1. The second-order valence-electron chi connectivity index (χ2n) is 8.42. The Labute approximate surface area is 200 Å². The highest BCUT2D eigenvalue weighted by atomic mass is 16.5. The van der Waals surface area contributed by atoms with Gasteiger partial charge in [-0.2, -0.15) is 0 Å². The zero-order valence-electron chi connectivity index (χ0n) is 19.6. The topological polar surface area (TPSA) is 65.1 Å². The van der Waals surface area contributed by atoms with Gasteiger partial charge in [-0.25, -0.2) is 0 Å². The van der Waals surface area contributed by atoms with Crippen molar-refractivity contribution in [2.75, 3.05) is 21.3 Å². The van der Waals surface area contributed by atoms with Crippen LogP contribution in [0.3, 0.4) is 0 Å². The van der Waals surface area contributed by atoms with E-state index in [-0.39, 0.29) is 12.5 Å². The lowest BCUT2D eigenvalue weighted by Gasteiger charge is -2.35. The molecule has 0 unspecified atom stereocenters. The van der Waals surface area contributed by atoms with Gasteiger partial charge in [-0.05, 0) is 35.2 Å². The molecule has 6 nitrogen and oxygen atoms in total. The number of ether oxygens (including phenoxy) is 3. The Morgan fingerprint density at radius 2 is 1.35 bits per heavy atom. The molecule has 0 spiro atoms. The van der Waals surface area contributed by atoms with E-state index in [0.29, 0.717) is 6.54 Å². The summed E-state index contributed by atoms with van der Waals surface area (Å²) in [5, 5.41) is 0. The summed E-state index contributed by atoms with van der Waals surface area (Å²) in [5.74, 6) is -0.451. The number of esters is 2. The number of benzene rings is 3. The Kier molecular flexibility index (Phi) is 6.98. The number of likely N-dealkylation sites (tertiary alicyclic amines) is 1. The van der Waals surface area contributed by atoms with E-state index in [1.54, 1.807) is 7.11 Å². The average molecular weight is 460 g/mol. The lowest BCUT2D eigenvalue weighted by molar-refractivity contribution is -0.171. The van der Waals surface area contributed by atoms with Crippen LogP contribution in [0.2, 0.25) is 0 Å². The molecular weight excluding hydrogens is 430 g/mol. The van der Waals surface area contributed by atoms with Crippen molar-refractivity contribution < 1.29 is 23.8 Å². The van der Waals surface area contributed by atoms with Crippen molar-refractivity contribution in [3.63, 3.8) is 0 Å². The number of carbonyl (C=O) groups excluding carboxylic acids is 2. The van der Waals surface area contributed by atoms with Gasteiger partial charge < -0.3 is 14.2 Å². The predicted octanol–water partition coefficient (Wildman–Crippen LogP) is 4.72. The smallest absolute Gasteiger partial charge is 0.325 e. The van der Waals surface area contributed by atoms with Gasteiger partial charge in [-0.3, -0.25) is 14.5 Å². The molecule has 0 saturated carbocycles. The van der Waals surface area contributed by atoms with Gasteiger partial charge in [0.1, 0.15) is 5.75 Å². The summed E-state index contributed by atoms with van der Waals surface area (Å²) < 4.78 is 15.8. The molecule has 0 amide bonds. The second-order valence-corrected chi connectivity index (χ2v) is 8.42. The highest BCUT2D eigenvalue weighted by molar-refractivity contribution is 6.01. The highest BCUT2D eigenvalue weighted by Gasteiger charge is 2.64. The standard InChI is InChI=1S/C28H29NO5/c1-32-23-16-14-21(15-17-23)24-18-28(26(30)33-2,27(31)34-3)25(22-12-8-5-9-13-22)29(24)19-20-10-6-4-7-11-20/h4-17,24-25H,18-19H2,1-3H3/t24-,25-/m1/s1. The predicted molar refractivity (Wildman–Crippen MR) is 128 cm³/mol. The monoisotopic (exact) mass is 459 g/mol. The number of rotatable bonds is 7. The molecule has 0 aromatic heterocycles. The molecule has 0 aliphatic carbocycles. The minimum absolute atomic E-state index is 0.227. The van der Waals surface area contributed by atoms with Gasteiger partial charge >= 0.3 is 11.9 Å². The SMILES string of the molecule is COC(=O)C1(C(=O)OC)C[C@H](c2ccc(OC)cc2)N(Cc2ccccc2)[C@@H]1c1ccccc1. The molecule has 1 saturated heterocycles. The van der Waals surface area contributed by atoms with Crippen molar-refractivity contribution in [1.29, 1.82) is 0 Å². The maximum Gasteiger partial charge on any atom is 0.325 e. The van der Waals surface area contributed by atoms with E-state index >= 15 is 0 Å². The zero-order valence-corrected chi connectivity index (χ0v) is 19.6. The van der Waals surface area contributed by atoms with Gasteiger partial charge in [-0.1, -0.05) is 72.8 Å². The van der Waals surface area contributed by atoms with Crippen LogP contribution in [0.4, 0.5) is 0 Å². The number of hydrogen-bond donors (Lipinski definition) is 0. The molecular formula is C28H29NO5. The van der Waals surface area contributed by atoms with Crippen molar-refractivity contribution in [2.24, 2.45) is 5.41 Å². The van der Waals surface area contributed by atoms with Gasteiger partial charge in [0.05, 0.1) is 27.4 Å². The Morgan fingerprint density at radius 3 is 1.88 bits per heavy atom. The molecule has 0 N–H and O–H groups in total. The molecule has 3 aromatic carbocycles. The van der Waals surface area contributed by atoms with Crippen molar-refractivity contribution in [3.8, 4) is 5.75 Å². The molecule has 0 bridgehead atoms. The Bertz CT molecular complexity index is 1100. The van der Waals surface area contributed by atoms with Crippen molar-refractivity contribution >= 4 is 11.9 Å². The maximum absolute atomic E-state index is 13.4. The highest BCUT2D eigenvalue weighted by Crippen LogP contribution is 2.57. The fraction of sp³-hybridized carbons (Fsp3) is 0.286. The van der Waals surface area contributed by atoms with Crippen LogP contribution in [0, 0.1) is 5.41 Å². The Morgan fingerprint density at radius 1 is 0.794 bits per heavy atom. The molecule has 6 heteroatoms. The van der Waals surface area contributed by atoms with Crippen LogP contribution < -0.4 is 4.74 Å². The third kappa shape index (κ3) is 4.17. The van der Waals surface area contributed by atoms with Gasteiger partial charge in [0.25, 0.3) is 0 Å².